The van der Waals surface area contributed by atoms with Crippen molar-refractivity contribution in [2.45, 2.75) is 30.4 Å². The number of methoxy groups -OCH3 is 2. The fraction of sp³-hybridized carbons (Fsp3) is 0.316. The highest BCUT2D eigenvalue weighted by atomic mass is 32.2. The number of pyridine rings is 1. The van der Waals surface area contributed by atoms with Gasteiger partial charge in [0.1, 0.15) is 22.0 Å². The van der Waals surface area contributed by atoms with E-state index in [4.69, 9.17) is 15.2 Å². The highest BCUT2D eigenvalue weighted by Gasteiger charge is 2.34. The Balaban J connectivity index is 2.35. The van der Waals surface area contributed by atoms with Crippen molar-refractivity contribution < 1.29 is 26.7 Å². The summed E-state index contributed by atoms with van der Waals surface area (Å²) < 4.78 is 65.5. The van der Waals surface area contributed by atoms with Gasteiger partial charge in [-0.25, -0.2) is 22.2 Å². The van der Waals surface area contributed by atoms with Crippen LogP contribution in [0.5, 0.6) is 11.5 Å². The number of anilines is 1. The summed E-state index contributed by atoms with van der Waals surface area (Å²) >= 11 is 0. The summed E-state index contributed by atoms with van der Waals surface area (Å²) in [6.07, 6.45) is 2.58. The SMILES string of the molecule is COc1cc2ncc(-c3cc(F)c(OC)c(N)c3F)n2cc1S(=O)(=O)C(C)(C)C. The Bertz CT molecular complexity index is 1210. The van der Waals surface area contributed by atoms with Crippen LogP contribution in [0.2, 0.25) is 0 Å². The van der Waals surface area contributed by atoms with E-state index in [0.717, 1.165) is 6.07 Å². The first kappa shape index (κ1) is 20.8. The van der Waals surface area contributed by atoms with Crippen molar-refractivity contribution in [3.8, 4) is 22.8 Å². The lowest BCUT2D eigenvalue weighted by molar-refractivity contribution is 0.386. The number of benzene rings is 1. The molecule has 0 aliphatic rings. The number of aromatic nitrogens is 2. The van der Waals surface area contributed by atoms with E-state index in [1.807, 2.05) is 0 Å². The number of nitrogens with two attached hydrogens (primary N) is 1. The van der Waals surface area contributed by atoms with Crippen molar-refractivity contribution in [3.05, 3.63) is 36.2 Å². The Morgan fingerprint density at radius 2 is 1.79 bits per heavy atom. The van der Waals surface area contributed by atoms with Crippen molar-refractivity contribution >= 4 is 21.2 Å². The van der Waals surface area contributed by atoms with Gasteiger partial charge in [0.2, 0.25) is 0 Å². The largest absolute Gasteiger partial charge is 0.495 e. The predicted octanol–water partition coefficient (Wildman–Crippen LogP) is 3.45. The lowest BCUT2D eigenvalue weighted by atomic mass is 10.1. The Hall–Kier alpha value is -2.88. The van der Waals surface area contributed by atoms with Crippen LogP contribution >= 0.6 is 0 Å². The molecule has 0 amide bonds. The molecule has 2 aromatic heterocycles. The third-order valence-corrected chi connectivity index (χ3v) is 7.07. The highest BCUT2D eigenvalue weighted by molar-refractivity contribution is 7.92. The van der Waals surface area contributed by atoms with Crippen LogP contribution in [-0.2, 0) is 9.84 Å². The fourth-order valence-electron chi connectivity index (χ4n) is 2.90. The lowest BCUT2D eigenvalue weighted by Crippen LogP contribution is -2.28. The minimum Gasteiger partial charge on any atom is -0.495 e. The molecular weight excluding hydrogens is 404 g/mol. The molecule has 0 bridgehead atoms. The van der Waals surface area contributed by atoms with Crippen LogP contribution < -0.4 is 15.2 Å². The van der Waals surface area contributed by atoms with E-state index >= 15 is 0 Å². The van der Waals surface area contributed by atoms with E-state index in [1.54, 1.807) is 20.8 Å². The number of halogens is 2. The maximum Gasteiger partial charge on any atom is 0.188 e. The van der Waals surface area contributed by atoms with Gasteiger partial charge in [0.15, 0.2) is 27.2 Å². The van der Waals surface area contributed by atoms with E-state index in [1.165, 1.54) is 37.1 Å². The van der Waals surface area contributed by atoms with Gasteiger partial charge >= 0.3 is 0 Å². The monoisotopic (exact) mass is 425 g/mol. The van der Waals surface area contributed by atoms with Crippen LogP contribution in [0.1, 0.15) is 20.8 Å². The maximum atomic E-state index is 14.8. The molecule has 2 heterocycles. The Morgan fingerprint density at radius 3 is 2.34 bits per heavy atom. The van der Waals surface area contributed by atoms with Gasteiger partial charge in [0, 0.05) is 17.8 Å². The van der Waals surface area contributed by atoms with Crippen LogP contribution in [0, 0.1) is 11.6 Å². The maximum absolute atomic E-state index is 14.8. The molecule has 0 saturated heterocycles. The number of hydrogen-bond acceptors (Lipinski definition) is 6. The van der Waals surface area contributed by atoms with E-state index in [9.17, 15) is 17.2 Å². The molecule has 0 unspecified atom stereocenters. The molecule has 0 spiro atoms. The number of rotatable bonds is 4. The van der Waals surface area contributed by atoms with Crippen LogP contribution in [0.4, 0.5) is 14.5 Å². The average Bonchev–Trinajstić information content (AvgIpc) is 3.05. The molecule has 0 radical (unpaired) electrons. The third kappa shape index (κ3) is 3.17. The molecule has 0 saturated carbocycles. The summed E-state index contributed by atoms with van der Waals surface area (Å²) in [6.45, 7) is 4.67. The molecule has 2 N–H and O–H groups in total. The van der Waals surface area contributed by atoms with E-state index in [2.05, 4.69) is 4.98 Å². The molecule has 10 heteroatoms. The number of nitrogen functional groups attached to an aromatic ring is 1. The molecule has 29 heavy (non-hydrogen) atoms. The van der Waals surface area contributed by atoms with E-state index in [-0.39, 0.29) is 21.9 Å². The summed E-state index contributed by atoms with van der Waals surface area (Å²) in [5.74, 6) is -2.06. The highest BCUT2D eigenvalue weighted by Crippen LogP contribution is 2.38. The van der Waals surface area contributed by atoms with Gasteiger partial charge < -0.3 is 15.2 Å². The Labute approximate surface area is 167 Å². The van der Waals surface area contributed by atoms with Crippen molar-refractivity contribution in [2.24, 2.45) is 0 Å². The van der Waals surface area contributed by atoms with Crippen molar-refractivity contribution in [1.82, 2.24) is 9.38 Å². The number of nitrogens with zero attached hydrogens (tertiary/aromatic N) is 2. The second-order valence-corrected chi connectivity index (χ2v) is 10.0. The Kier molecular flexibility index (Phi) is 4.94. The summed E-state index contributed by atoms with van der Waals surface area (Å²) in [5, 5.41) is 0. The summed E-state index contributed by atoms with van der Waals surface area (Å²) in [5.41, 5.74) is 5.40. The van der Waals surface area contributed by atoms with Crippen LogP contribution in [0.25, 0.3) is 16.9 Å². The molecule has 1 aromatic carbocycles. The smallest absolute Gasteiger partial charge is 0.188 e. The topological polar surface area (TPSA) is 95.9 Å². The van der Waals surface area contributed by atoms with E-state index < -0.39 is 37.7 Å². The molecule has 3 rings (SSSR count). The zero-order valence-corrected chi connectivity index (χ0v) is 17.4. The molecule has 3 aromatic rings. The third-order valence-electron chi connectivity index (χ3n) is 4.58. The van der Waals surface area contributed by atoms with Gasteiger partial charge in [0.05, 0.1) is 30.9 Å². The zero-order chi connectivity index (χ0) is 21.7. The first-order chi connectivity index (χ1) is 13.4. The summed E-state index contributed by atoms with van der Waals surface area (Å²) in [4.78, 5) is 4.06. The van der Waals surface area contributed by atoms with Gasteiger partial charge in [-0.15, -0.1) is 0 Å². The quantitative estimate of drug-likeness (QED) is 0.643. The minimum atomic E-state index is -3.81. The van der Waals surface area contributed by atoms with Gasteiger partial charge in [-0.05, 0) is 26.8 Å². The van der Waals surface area contributed by atoms with Crippen molar-refractivity contribution in [2.75, 3.05) is 20.0 Å². The fourth-order valence-corrected chi connectivity index (χ4v) is 4.21. The number of fused-ring (bicyclic) bond motifs is 1. The standard InChI is InChI=1S/C19H21F2N3O4S/c1-19(2,3)29(25,26)14-9-24-12(8-23-15(24)7-13(14)27-4)10-6-11(20)18(28-5)17(22)16(10)21/h6-9H,22H2,1-5H3. The second kappa shape index (κ2) is 6.87. The van der Waals surface area contributed by atoms with Crippen LogP contribution in [0.3, 0.4) is 0 Å². The molecule has 0 fully saturated rings. The molecule has 7 nitrogen and oxygen atoms in total. The molecule has 0 aliphatic carbocycles. The average molecular weight is 425 g/mol. The molecular formula is C19H21F2N3O4S. The minimum absolute atomic E-state index is 0.0957. The van der Waals surface area contributed by atoms with Gasteiger partial charge in [-0.1, -0.05) is 0 Å². The molecule has 156 valence electrons. The van der Waals surface area contributed by atoms with Gasteiger partial charge in [-0.2, -0.15) is 0 Å². The normalized spacial score (nSPS) is 12.4. The van der Waals surface area contributed by atoms with E-state index in [0.29, 0.717) is 5.65 Å². The summed E-state index contributed by atoms with van der Waals surface area (Å²) in [6, 6.07) is 2.35. The van der Waals surface area contributed by atoms with Crippen LogP contribution in [-0.4, -0.2) is 36.8 Å². The first-order valence-electron chi connectivity index (χ1n) is 8.55. The zero-order valence-electron chi connectivity index (χ0n) is 16.6. The van der Waals surface area contributed by atoms with Crippen LogP contribution in [0.15, 0.2) is 29.4 Å². The molecule has 0 aliphatic heterocycles. The Morgan fingerprint density at radius 1 is 1.14 bits per heavy atom. The van der Waals surface area contributed by atoms with Crippen molar-refractivity contribution in [1.29, 1.82) is 0 Å². The number of hydrogen-bond donors (Lipinski definition) is 1. The lowest BCUT2D eigenvalue weighted by Gasteiger charge is -2.21. The number of ether oxygens (including phenoxy) is 2. The molecule has 0 atom stereocenters. The first-order valence-corrected chi connectivity index (χ1v) is 10.0. The van der Waals surface area contributed by atoms with Gasteiger partial charge in [-0.3, -0.25) is 4.40 Å². The number of sulfone groups is 1. The van der Waals surface area contributed by atoms with Gasteiger partial charge in [0.25, 0.3) is 0 Å². The second-order valence-electron chi connectivity index (χ2n) is 7.36. The summed E-state index contributed by atoms with van der Waals surface area (Å²) in [7, 11) is -1.29. The van der Waals surface area contributed by atoms with Crippen molar-refractivity contribution in [3.63, 3.8) is 0 Å². The predicted molar refractivity (Wildman–Crippen MR) is 105 cm³/mol. The number of imidazole rings is 1.